The Morgan fingerprint density at radius 1 is 1.22 bits per heavy atom. The molecular weight excluding hydrogens is 224 g/mol. The van der Waals surface area contributed by atoms with Crippen molar-refractivity contribution in [3.8, 4) is 11.1 Å². The fraction of sp³-hybridized carbons (Fsp3) is 0.0714. The van der Waals surface area contributed by atoms with E-state index in [1.807, 2.05) is 31.3 Å². The third-order valence-corrected chi connectivity index (χ3v) is 2.76. The van der Waals surface area contributed by atoms with E-state index in [0.717, 1.165) is 28.1 Å². The molecule has 0 amide bonds. The van der Waals surface area contributed by atoms with Crippen LogP contribution in [0.4, 0.5) is 11.4 Å². The van der Waals surface area contributed by atoms with Gasteiger partial charge in [0.05, 0.1) is 11.9 Å². The fourth-order valence-electron chi connectivity index (χ4n) is 1.88. The smallest absolute Gasteiger partial charge is 0.0624 e. The Bertz CT molecular complexity index is 573. The molecule has 0 atom stereocenters. The molecule has 0 unspecified atom stereocenters. The molecule has 0 aliphatic heterocycles. The van der Waals surface area contributed by atoms with Gasteiger partial charge in [0.15, 0.2) is 0 Å². The number of benzene rings is 1. The van der Waals surface area contributed by atoms with Gasteiger partial charge in [-0.3, -0.25) is 4.98 Å². The molecule has 0 radical (unpaired) electrons. The van der Waals surface area contributed by atoms with E-state index in [4.69, 9.17) is 11.5 Å². The van der Waals surface area contributed by atoms with E-state index in [-0.39, 0.29) is 0 Å². The standard InChI is InChI=1S/C14H16N4/c1-9(15)14-12(7-18-8-13(14)17-2)10-3-5-11(16)6-4-10/h3-8,17H,1,15-16H2,2H3. The van der Waals surface area contributed by atoms with Crippen molar-refractivity contribution >= 4 is 17.1 Å². The molecule has 92 valence electrons. The molecule has 2 rings (SSSR count). The molecule has 1 aromatic carbocycles. The molecule has 0 saturated heterocycles. The van der Waals surface area contributed by atoms with Gasteiger partial charge in [0.25, 0.3) is 0 Å². The molecule has 5 N–H and O–H groups in total. The molecule has 1 heterocycles. The normalized spacial score (nSPS) is 10.1. The number of rotatable bonds is 3. The van der Waals surface area contributed by atoms with Crippen molar-refractivity contribution in [3.63, 3.8) is 0 Å². The number of nitrogens with two attached hydrogens (primary N) is 2. The summed E-state index contributed by atoms with van der Waals surface area (Å²) in [5, 5.41) is 3.07. The van der Waals surface area contributed by atoms with Crippen LogP contribution in [0.15, 0.2) is 43.2 Å². The van der Waals surface area contributed by atoms with Gasteiger partial charge in [-0.15, -0.1) is 0 Å². The summed E-state index contributed by atoms with van der Waals surface area (Å²) in [5.41, 5.74) is 16.5. The van der Waals surface area contributed by atoms with Gasteiger partial charge in [-0.2, -0.15) is 0 Å². The minimum Gasteiger partial charge on any atom is -0.399 e. The highest BCUT2D eigenvalue weighted by Gasteiger charge is 2.11. The summed E-state index contributed by atoms with van der Waals surface area (Å²) < 4.78 is 0. The van der Waals surface area contributed by atoms with Gasteiger partial charge >= 0.3 is 0 Å². The van der Waals surface area contributed by atoms with Crippen LogP contribution in [0.5, 0.6) is 0 Å². The highest BCUT2D eigenvalue weighted by Crippen LogP contribution is 2.31. The number of aromatic nitrogens is 1. The lowest BCUT2D eigenvalue weighted by molar-refractivity contribution is 1.29. The maximum absolute atomic E-state index is 5.87. The predicted molar refractivity (Wildman–Crippen MR) is 76.9 cm³/mol. The predicted octanol–water partition coefficient (Wildman–Crippen LogP) is 2.30. The van der Waals surface area contributed by atoms with Crippen LogP contribution in [0.1, 0.15) is 5.56 Å². The van der Waals surface area contributed by atoms with Crippen molar-refractivity contribution in [2.75, 3.05) is 18.1 Å². The zero-order chi connectivity index (χ0) is 13.1. The van der Waals surface area contributed by atoms with Crippen LogP contribution < -0.4 is 16.8 Å². The number of hydrogen-bond acceptors (Lipinski definition) is 4. The Labute approximate surface area is 106 Å². The van der Waals surface area contributed by atoms with Crippen molar-refractivity contribution in [1.29, 1.82) is 0 Å². The monoisotopic (exact) mass is 240 g/mol. The zero-order valence-corrected chi connectivity index (χ0v) is 10.3. The van der Waals surface area contributed by atoms with Gasteiger partial charge < -0.3 is 16.8 Å². The fourth-order valence-corrected chi connectivity index (χ4v) is 1.88. The molecule has 0 saturated carbocycles. The van der Waals surface area contributed by atoms with E-state index in [0.29, 0.717) is 5.70 Å². The average molecular weight is 240 g/mol. The maximum atomic E-state index is 5.87. The van der Waals surface area contributed by atoms with Crippen molar-refractivity contribution < 1.29 is 0 Å². The second-order valence-corrected chi connectivity index (χ2v) is 4.01. The molecule has 0 fully saturated rings. The third kappa shape index (κ3) is 2.13. The van der Waals surface area contributed by atoms with Crippen molar-refractivity contribution in [2.45, 2.75) is 0 Å². The van der Waals surface area contributed by atoms with Crippen LogP contribution >= 0.6 is 0 Å². The number of hydrogen-bond donors (Lipinski definition) is 3. The van der Waals surface area contributed by atoms with Gasteiger partial charge in [0.2, 0.25) is 0 Å². The molecule has 4 nitrogen and oxygen atoms in total. The Hall–Kier alpha value is -2.49. The molecule has 0 bridgehead atoms. The third-order valence-electron chi connectivity index (χ3n) is 2.76. The lowest BCUT2D eigenvalue weighted by Gasteiger charge is -2.14. The van der Waals surface area contributed by atoms with Gasteiger partial charge in [-0.1, -0.05) is 18.7 Å². The number of pyridine rings is 1. The first-order chi connectivity index (χ1) is 8.63. The van der Waals surface area contributed by atoms with E-state index in [1.165, 1.54) is 0 Å². The first-order valence-corrected chi connectivity index (χ1v) is 5.60. The molecule has 1 aromatic heterocycles. The van der Waals surface area contributed by atoms with Crippen LogP contribution in [0.2, 0.25) is 0 Å². The van der Waals surface area contributed by atoms with E-state index >= 15 is 0 Å². The summed E-state index contributed by atoms with van der Waals surface area (Å²) in [5.74, 6) is 0. The summed E-state index contributed by atoms with van der Waals surface area (Å²) in [7, 11) is 1.83. The molecule has 4 heteroatoms. The molecular formula is C14H16N4. The summed E-state index contributed by atoms with van der Waals surface area (Å²) in [6.45, 7) is 3.82. The van der Waals surface area contributed by atoms with Crippen molar-refractivity contribution in [2.24, 2.45) is 5.73 Å². The first kappa shape index (κ1) is 12.0. The Kier molecular flexibility index (Phi) is 3.19. The van der Waals surface area contributed by atoms with Crippen LogP contribution in [-0.2, 0) is 0 Å². The summed E-state index contributed by atoms with van der Waals surface area (Å²) in [6, 6.07) is 7.59. The second kappa shape index (κ2) is 4.79. The molecule has 2 aromatic rings. The zero-order valence-electron chi connectivity index (χ0n) is 10.3. The van der Waals surface area contributed by atoms with E-state index in [2.05, 4.69) is 16.9 Å². The highest BCUT2D eigenvalue weighted by atomic mass is 14.9. The summed E-state index contributed by atoms with van der Waals surface area (Å²) >= 11 is 0. The number of nitrogens with zero attached hydrogens (tertiary/aromatic N) is 1. The molecule has 18 heavy (non-hydrogen) atoms. The molecule has 0 aliphatic rings. The second-order valence-electron chi connectivity index (χ2n) is 4.01. The quantitative estimate of drug-likeness (QED) is 0.719. The number of nitrogens with one attached hydrogen (secondary N) is 1. The largest absolute Gasteiger partial charge is 0.399 e. The van der Waals surface area contributed by atoms with Crippen LogP contribution in [0, 0.1) is 0 Å². The van der Waals surface area contributed by atoms with Crippen LogP contribution in [0.3, 0.4) is 0 Å². The van der Waals surface area contributed by atoms with E-state index < -0.39 is 0 Å². The maximum Gasteiger partial charge on any atom is 0.0624 e. The minimum atomic E-state index is 0.508. The first-order valence-electron chi connectivity index (χ1n) is 5.60. The van der Waals surface area contributed by atoms with Gasteiger partial charge in [0.1, 0.15) is 0 Å². The Morgan fingerprint density at radius 2 is 1.89 bits per heavy atom. The molecule has 0 spiro atoms. The van der Waals surface area contributed by atoms with Crippen LogP contribution in [0.25, 0.3) is 16.8 Å². The van der Waals surface area contributed by atoms with Crippen molar-refractivity contribution in [1.82, 2.24) is 4.98 Å². The van der Waals surface area contributed by atoms with Gasteiger partial charge in [-0.05, 0) is 17.7 Å². The van der Waals surface area contributed by atoms with Crippen LogP contribution in [-0.4, -0.2) is 12.0 Å². The lowest BCUT2D eigenvalue weighted by atomic mass is 9.99. The Balaban J connectivity index is 2.63. The SMILES string of the molecule is C=C(N)c1c(NC)cncc1-c1ccc(N)cc1. The van der Waals surface area contributed by atoms with Gasteiger partial charge in [-0.25, -0.2) is 0 Å². The van der Waals surface area contributed by atoms with E-state index in [1.54, 1.807) is 12.4 Å². The average Bonchev–Trinajstić information content (AvgIpc) is 2.38. The summed E-state index contributed by atoms with van der Waals surface area (Å²) in [6.07, 6.45) is 3.51. The minimum absolute atomic E-state index is 0.508. The molecule has 0 aliphatic carbocycles. The highest BCUT2D eigenvalue weighted by molar-refractivity contribution is 5.86. The topological polar surface area (TPSA) is 77.0 Å². The van der Waals surface area contributed by atoms with Gasteiger partial charge in [0, 0.05) is 35.8 Å². The Morgan fingerprint density at radius 3 is 2.44 bits per heavy atom. The number of anilines is 2. The lowest BCUT2D eigenvalue weighted by Crippen LogP contribution is -2.03. The summed E-state index contributed by atoms with van der Waals surface area (Å²) in [4.78, 5) is 4.21. The van der Waals surface area contributed by atoms with Crippen molar-refractivity contribution in [3.05, 3.63) is 48.8 Å². The van der Waals surface area contributed by atoms with E-state index in [9.17, 15) is 0 Å². The number of nitrogen functional groups attached to an aromatic ring is 1.